The first kappa shape index (κ1) is 15.8. The van der Waals surface area contributed by atoms with Crippen LogP contribution in [-0.4, -0.2) is 41.8 Å². The molecule has 1 unspecified atom stereocenters. The highest BCUT2D eigenvalue weighted by Gasteiger charge is 2.29. The zero-order chi connectivity index (χ0) is 14.1. The number of hydrogen-bond acceptors (Lipinski definition) is 4. The molecule has 0 fully saturated rings. The van der Waals surface area contributed by atoms with Gasteiger partial charge in [-0.3, -0.25) is 9.69 Å². The van der Waals surface area contributed by atoms with E-state index in [0.717, 1.165) is 23.5 Å². The number of hydrogen-bond donors (Lipinski definition) is 1. The highest BCUT2D eigenvalue weighted by atomic mass is 35.5. The Morgan fingerprint density at radius 2 is 2.19 bits per heavy atom. The second-order valence-electron chi connectivity index (χ2n) is 4.90. The third-order valence-corrected chi connectivity index (χ3v) is 3.72. The summed E-state index contributed by atoms with van der Waals surface area (Å²) in [5.41, 5.74) is 7.56. The van der Waals surface area contributed by atoms with Gasteiger partial charge in [0.2, 0.25) is 11.9 Å². The number of aromatic nitrogens is 2. The quantitative estimate of drug-likeness (QED) is 0.920. The number of fused-ring (bicyclic) bond motifs is 3. The Morgan fingerprint density at radius 1 is 1.43 bits per heavy atom. The van der Waals surface area contributed by atoms with Crippen molar-refractivity contribution < 1.29 is 9.53 Å². The molecule has 0 saturated heterocycles. The summed E-state index contributed by atoms with van der Waals surface area (Å²) >= 11 is 0. The Labute approximate surface area is 129 Å². The molecule has 3 rings (SSSR count). The van der Waals surface area contributed by atoms with E-state index in [1.807, 2.05) is 24.3 Å². The summed E-state index contributed by atoms with van der Waals surface area (Å²) in [6.45, 7) is 1.78. The molecule has 1 amide bonds. The average molecular weight is 311 g/mol. The van der Waals surface area contributed by atoms with E-state index in [2.05, 4.69) is 9.55 Å². The number of para-hydroxylation sites is 2. The number of benzene rings is 1. The van der Waals surface area contributed by atoms with Crippen molar-refractivity contribution in [2.75, 3.05) is 25.1 Å². The molecule has 2 heterocycles. The molecular weight excluding hydrogens is 292 g/mol. The molecule has 21 heavy (non-hydrogen) atoms. The maximum atomic E-state index is 12.4. The predicted molar refractivity (Wildman–Crippen MR) is 83.8 cm³/mol. The van der Waals surface area contributed by atoms with Gasteiger partial charge < -0.3 is 15.0 Å². The molecule has 2 N–H and O–H groups in total. The summed E-state index contributed by atoms with van der Waals surface area (Å²) in [6.07, 6.45) is 0.0527. The van der Waals surface area contributed by atoms with Gasteiger partial charge in [-0.25, -0.2) is 4.98 Å². The van der Waals surface area contributed by atoms with Gasteiger partial charge in [-0.15, -0.1) is 12.4 Å². The minimum absolute atomic E-state index is 0. The van der Waals surface area contributed by atoms with Crippen molar-refractivity contribution >= 4 is 35.3 Å². The van der Waals surface area contributed by atoms with Gasteiger partial charge in [-0.05, 0) is 12.1 Å². The van der Waals surface area contributed by atoms with E-state index >= 15 is 0 Å². The molecule has 7 heteroatoms. The first-order valence-corrected chi connectivity index (χ1v) is 6.73. The van der Waals surface area contributed by atoms with E-state index < -0.39 is 0 Å². The number of amides is 1. The van der Waals surface area contributed by atoms with Crippen LogP contribution in [0.15, 0.2) is 24.3 Å². The molecule has 6 nitrogen and oxygen atoms in total. The summed E-state index contributed by atoms with van der Waals surface area (Å²) < 4.78 is 7.26. The summed E-state index contributed by atoms with van der Waals surface area (Å²) in [6, 6.07) is 7.92. The molecule has 114 valence electrons. The Bertz CT molecular complexity index is 639. The van der Waals surface area contributed by atoms with E-state index in [0.29, 0.717) is 13.1 Å². The number of imidazole rings is 1. The van der Waals surface area contributed by atoms with Crippen molar-refractivity contribution in [1.82, 2.24) is 9.55 Å². The zero-order valence-electron chi connectivity index (χ0n) is 11.9. The molecule has 0 aliphatic carbocycles. The molecule has 0 saturated carbocycles. The summed E-state index contributed by atoms with van der Waals surface area (Å²) in [7, 11) is 1.57. The summed E-state index contributed by atoms with van der Waals surface area (Å²) in [4.78, 5) is 18.6. The number of anilines is 1. The number of carbonyl (C=O) groups excluding carboxylic acids is 1. The zero-order valence-corrected chi connectivity index (χ0v) is 12.7. The lowest BCUT2D eigenvalue weighted by Gasteiger charge is -2.17. The van der Waals surface area contributed by atoms with Crippen LogP contribution < -0.4 is 10.6 Å². The van der Waals surface area contributed by atoms with Crippen molar-refractivity contribution in [3.05, 3.63) is 24.3 Å². The number of rotatable bonds is 4. The molecule has 1 atom stereocenters. The lowest BCUT2D eigenvalue weighted by Crippen LogP contribution is -2.35. The Kier molecular flexibility index (Phi) is 4.82. The fraction of sp³-hybridized carbons (Fsp3) is 0.429. The van der Waals surface area contributed by atoms with Crippen LogP contribution in [0.4, 0.5) is 5.95 Å². The molecule has 0 bridgehead atoms. The molecule has 1 aliphatic heterocycles. The molecule has 0 radical (unpaired) electrons. The van der Waals surface area contributed by atoms with Crippen molar-refractivity contribution in [2.24, 2.45) is 5.73 Å². The number of nitrogens with zero attached hydrogens (tertiary/aromatic N) is 3. The van der Waals surface area contributed by atoms with E-state index in [1.165, 1.54) is 0 Å². The standard InChI is InChI=1S/C14H18N4O2.ClH/c1-20-10(9-15)8-13(19)18-7-6-17-12-5-3-2-4-11(12)16-14(17)18;/h2-5,10H,6-9,15H2,1H3;1H. The van der Waals surface area contributed by atoms with Gasteiger partial charge in [0.15, 0.2) is 0 Å². The van der Waals surface area contributed by atoms with Crippen molar-refractivity contribution in [3.63, 3.8) is 0 Å². The van der Waals surface area contributed by atoms with Gasteiger partial charge in [0.25, 0.3) is 0 Å². The Balaban J connectivity index is 0.00000161. The Morgan fingerprint density at radius 3 is 2.90 bits per heavy atom. The second kappa shape index (κ2) is 6.43. The van der Waals surface area contributed by atoms with Gasteiger partial charge in [-0.1, -0.05) is 12.1 Å². The number of nitrogens with two attached hydrogens (primary N) is 1. The third kappa shape index (κ3) is 2.74. The number of halogens is 1. The fourth-order valence-corrected chi connectivity index (χ4v) is 2.59. The van der Waals surface area contributed by atoms with Gasteiger partial charge in [0.05, 0.1) is 23.6 Å². The molecule has 1 aromatic carbocycles. The monoisotopic (exact) mass is 310 g/mol. The van der Waals surface area contributed by atoms with Crippen molar-refractivity contribution in [3.8, 4) is 0 Å². The molecule has 1 aromatic heterocycles. The first-order chi connectivity index (χ1) is 9.74. The predicted octanol–water partition coefficient (Wildman–Crippen LogP) is 1.17. The third-order valence-electron chi connectivity index (χ3n) is 3.72. The minimum atomic E-state index is -0.235. The van der Waals surface area contributed by atoms with Crippen LogP contribution in [0, 0.1) is 0 Å². The molecule has 1 aliphatic rings. The SMILES string of the molecule is COC(CN)CC(=O)N1CCn2c1nc1ccccc12.Cl. The van der Waals surface area contributed by atoms with Crippen LogP contribution in [-0.2, 0) is 16.1 Å². The van der Waals surface area contributed by atoms with E-state index in [1.54, 1.807) is 12.0 Å². The van der Waals surface area contributed by atoms with Crippen LogP contribution in [0.5, 0.6) is 0 Å². The van der Waals surface area contributed by atoms with Gasteiger partial charge in [0, 0.05) is 26.7 Å². The maximum Gasteiger partial charge on any atom is 0.232 e. The van der Waals surface area contributed by atoms with Crippen LogP contribution >= 0.6 is 12.4 Å². The first-order valence-electron chi connectivity index (χ1n) is 6.73. The summed E-state index contributed by atoms with van der Waals surface area (Å²) in [5.74, 6) is 0.736. The van der Waals surface area contributed by atoms with Gasteiger partial charge in [0.1, 0.15) is 0 Å². The topological polar surface area (TPSA) is 73.4 Å². The lowest BCUT2D eigenvalue weighted by atomic mass is 10.2. The number of methoxy groups -OCH3 is 1. The number of carbonyl (C=O) groups is 1. The average Bonchev–Trinajstić information content (AvgIpc) is 3.03. The van der Waals surface area contributed by atoms with Gasteiger partial charge >= 0.3 is 0 Å². The van der Waals surface area contributed by atoms with Crippen LogP contribution in [0.2, 0.25) is 0 Å². The smallest absolute Gasteiger partial charge is 0.232 e. The lowest BCUT2D eigenvalue weighted by molar-refractivity contribution is -0.120. The highest BCUT2D eigenvalue weighted by Crippen LogP contribution is 2.27. The minimum Gasteiger partial charge on any atom is -0.380 e. The van der Waals surface area contributed by atoms with E-state index in [-0.39, 0.29) is 30.8 Å². The molecule has 0 spiro atoms. The van der Waals surface area contributed by atoms with Crippen LogP contribution in [0.1, 0.15) is 6.42 Å². The fourth-order valence-electron chi connectivity index (χ4n) is 2.59. The van der Waals surface area contributed by atoms with Crippen molar-refractivity contribution in [1.29, 1.82) is 0 Å². The van der Waals surface area contributed by atoms with E-state index in [9.17, 15) is 4.79 Å². The van der Waals surface area contributed by atoms with Gasteiger partial charge in [-0.2, -0.15) is 0 Å². The van der Waals surface area contributed by atoms with Crippen molar-refractivity contribution in [2.45, 2.75) is 19.1 Å². The largest absolute Gasteiger partial charge is 0.380 e. The Hall–Kier alpha value is -1.63. The van der Waals surface area contributed by atoms with Crippen LogP contribution in [0.3, 0.4) is 0 Å². The molecule has 2 aromatic rings. The van der Waals surface area contributed by atoms with Crippen LogP contribution in [0.25, 0.3) is 11.0 Å². The summed E-state index contributed by atoms with van der Waals surface area (Å²) in [5, 5.41) is 0. The highest BCUT2D eigenvalue weighted by molar-refractivity contribution is 5.95. The second-order valence-corrected chi connectivity index (χ2v) is 4.90. The number of ether oxygens (including phenoxy) is 1. The maximum absolute atomic E-state index is 12.4. The molecular formula is C14H19ClN4O2. The van der Waals surface area contributed by atoms with E-state index in [4.69, 9.17) is 10.5 Å². The normalized spacial score (nSPS) is 14.9.